The molecule has 1 fully saturated rings. The van der Waals surface area contributed by atoms with Gasteiger partial charge in [0.05, 0.1) is 0 Å². The Labute approximate surface area is 75.4 Å². The molecule has 0 aliphatic carbocycles. The molecule has 3 heteroatoms. The summed E-state index contributed by atoms with van der Waals surface area (Å²) >= 11 is 1.91. The number of rotatable bonds is 1. The van der Waals surface area contributed by atoms with E-state index >= 15 is 0 Å². The van der Waals surface area contributed by atoms with E-state index in [0.29, 0.717) is 5.25 Å². The molecule has 2 heterocycles. The lowest BCUT2D eigenvalue weighted by atomic mass is 10.1. The Bertz CT molecular complexity index is 271. The Morgan fingerprint density at radius 3 is 3.17 bits per heavy atom. The van der Waals surface area contributed by atoms with Gasteiger partial charge in [0, 0.05) is 11.4 Å². The predicted molar refractivity (Wildman–Crippen MR) is 48.6 cm³/mol. The van der Waals surface area contributed by atoms with Crippen molar-refractivity contribution in [2.24, 2.45) is 0 Å². The van der Waals surface area contributed by atoms with Crippen molar-refractivity contribution in [1.29, 1.82) is 0 Å². The first-order valence-electron chi connectivity index (χ1n) is 4.09. The molecule has 0 bridgehead atoms. The third-order valence-electron chi connectivity index (χ3n) is 2.05. The number of nitrogens with zero attached hydrogens (tertiary/aromatic N) is 1. The highest BCUT2D eigenvalue weighted by molar-refractivity contribution is 7.99. The lowest BCUT2D eigenvalue weighted by Crippen LogP contribution is -1.91. The maximum atomic E-state index is 12.7. The summed E-state index contributed by atoms with van der Waals surface area (Å²) in [5, 5.41) is 0.502. The molecule has 1 atom stereocenters. The summed E-state index contributed by atoms with van der Waals surface area (Å²) in [5.74, 6) is 0.842. The Morgan fingerprint density at radius 2 is 2.50 bits per heavy atom. The minimum absolute atomic E-state index is 0.361. The molecule has 1 aromatic rings. The van der Waals surface area contributed by atoms with Crippen molar-refractivity contribution < 1.29 is 4.39 Å². The van der Waals surface area contributed by atoms with E-state index in [4.69, 9.17) is 0 Å². The molecule has 12 heavy (non-hydrogen) atoms. The van der Waals surface area contributed by atoms with Gasteiger partial charge in [0.1, 0.15) is 0 Å². The van der Waals surface area contributed by atoms with Gasteiger partial charge in [0.25, 0.3) is 0 Å². The predicted octanol–water partition coefficient (Wildman–Crippen LogP) is 2.79. The third-order valence-corrected chi connectivity index (χ3v) is 3.49. The van der Waals surface area contributed by atoms with Crippen LogP contribution in [0.1, 0.15) is 23.7 Å². The summed E-state index contributed by atoms with van der Waals surface area (Å²) in [6, 6.07) is 3.45. The van der Waals surface area contributed by atoms with E-state index in [1.54, 1.807) is 12.3 Å². The van der Waals surface area contributed by atoms with Gasteiger partial charge in [-0.25, -0.2) is 4.98 Å². The van der Waals surface area contributed by atoms with Gasteiger partial charge in [-0.05, 0) is 36.3 Å². The minimum atomic E-state index is -0.361. The van der Waals surface area contributed by atoms with Crippen LogP contribution >= 0.6 is 11.8 Å². The van der Waals surface area contributed by atoms with E-state index in [-0.39, 0.29) is 5.95 Å². The van der Waals surface area contributed by atoms with Gasteiger partial charge >= 0.3 is 0 Å². The summed E-state index contributed by atoms with van der Waals surface area (Å²) in [5.41, 5.74) is 1.09. The Kier molecular flexibility index (Phi) is 2.30. The second kappa shape index (κ2) is 3.44. The molecule has 2 rings (SSSR count). The smallest absolute Gasteiger partial charge is 0.213 e. The standard InChI is InChI=1S/C9H10FNS/c10-9-6-7(3-4-11-9)8-2-1-5-12-8/h3-4,6,8H,1-2,5H2. The first-order chi connectivity index (χ1) is 5.86. The fourth-order valence-electron chi connectivity index (χ4n) is 1.46. The Balaban J connectivity index is 2.21. The number of hydrogen-bond acceptors (Lipinski definition) is 2. The van der Waals surface area contributed by atoms with Gasteiger partial charge in [-0.1, -0.05) is 0 Å². The van der Waals surface area contributed by atoms with Crippen LogP contribution in [0.2, 0.25) is 0 Å². The van der Waals surface area contributed by atoms with E-state index in [0.717, 1.165) is 5.56 Å². The summed E-state index contributed by atoms with van der Waals surface area (Å²) in [6.45, 7) is 0. The van der Waals surface area contributed by atoms with Crippen LogP contribution in [0.5, 0.6) is 0 Å². The molecular formula is C9H10FNS. The fraction of sp³-hybridized carbons (Fsp3) is 0.444. The molecule has 0 spiro atoms. The molecule has 1 aromatic heterocycles. The molecule has 1 unspecified atom stereocenters. The molecule has 1 aliphatic heterocycles. The van der Waals surface area contributed by atoms with Crippen LogP contribution in [0.4, 0.5) is 4.39 Å². The van der Waals surface area contributed by atoms with Crippen LogP contribution in [0, 0.1) is 5.95 Å². The topological polar surface area (TPSA) is 12.9 Å². The number of hydrogen-bond donors (Lipinski definition) is 0. The van der Waals surface area contributed by atoms with Gasteiger partial charge in [0.15, 0.2) is 0 Å². The van der Waals surface area contributed by atoms with Gasteiger partial charge in [-0.2, -0.15) is 16.2 Å². The van der Waals surface area contributed by atoms with Gasteiger partial charge in [0.2, 0.25) is 5.95 Å². The lowest BCUT2D eigenvalue weighted by molar-refractivity contribution is 0.580. The molecular weight excluding hydrogens is 173 g/mol. The van der Waals surface area contributed by atoms with E-state index < -0.39 is 0 Å². The normalized spacial score (nSPS) is 22.9. The number of aromatic nitrogens is 1. The molecule has 0 aromatic carbocycles. The zero-order chi connectivity index (χ0) is 8.39. The van der Waals surface area contributed by atoms with Gasteiger partial charge in [-0.3, -0.25) is 0 Å². The minimum Gasteiger partial charge on any atom is -0.228 e. The molecule has 64 valence electrons. The van der Waals surface area contributed by atoms with Crippen molar-refractivity contribution in [3.05, 3.63) is 29.8 Å². The number of halogens is 1. The summed E-state index contributed by atoms with van der Waals surface area (Å²) in [7, 11) is 0. The highest BCUT2D eigenvalue weighted by Gasteiger charge is 2.17. The van der Waals surface area contributed by atoms with Crippen LogP contribution in [0.3, 0.4) is 0 Å². The molecule has 0 amide bonds. The van der Waals surface area contributed by atoms with Crippen molar-refractivity contribution in [1.82, 2.24) is 4.98 Å². The monoisotopic (exact) mass is 183 g/mol. The number of thioether (sulfide) groups is 1. The average Bonchev–Trinajstić information content (AvgIpc) is 2.56. The third kappa shape index (κ3) is 1.61. The van der Waals surface area contributed by atoms with E-state index in [1.165, 1.54) is 18.6 Å². The highest BCUT2D eigenvalue weighted by atomic mass is 32.2. The molecule has 0 N–H and O–H groups in total. The van der Waals surface area contributed by atoms with Crippen LogP contribution in [-0.4, -0.2) is 10.7 Å². The second-order valence-electron chi connectivity index (χ2n) is 2.91. The second-order valence-corrected chi connectivity index (χ2v) is 4.22. The van der Waals surface area contributed by atoms with E-state index in [9.17, 15) is 4.39 Å². The van der Waals surface area contributed by atoms with Crippen LogP contribution in [0.25, 0.3) is 0 Å². The Hall–Kier alpha value is -0.570. The molecule has 1 nitrogen and oxygen atoms in total. The fourth-order valence-corrected chi connectivity index (χ4v) is 2.75. The summed E-state index contributed by atoms with van der Waals surface area (Å²) in [6.07, 6.45) is 3.97. The SMILES string of the molecule is Fc1cc(C2CCCS2)ccn1. The molecule has 0 radical (unpaired) electrons. The average molecular weight is 183 g/mol. The van der Waals surface area contributed by atoms with Crippen LogP contribution < -0.4 is 0 Å². The maximum Gasteiger partial charge on any atom is 0.213 e. The first-order valence-corrected chi connectivity index (χ1v) is 5.14. The van der Waals surface area contributed by atoms with Crippen molar-refractivity contribution in [2.45, 2.75) is 18.1 Å². The van der Waals surface area contributed by atoms with Crippen molar-refractivity contribution >= 4 is 11.8 Å². The zero-order valence-electron chi connectivity index (χ0n) is 6.66. The first kappa shape index (κ1) is 8.05. The summed E-state index contributed by atoms with van der Waals surface area (Å²) < 4.78 is 12.7. The van der Waals surface area contributed by atoms with Crippen molar-refractivity contribution in [3.63, 3.8) is 0 Å². The quantitative estimate of drug-likeness (QED) is 0.621. The largest absolute Gasteiger partial charge is 0.228 e. The summed E-state index contributed by atoms with van der Waals surface area (Å²) in [4.78, 5) is 3.54. The van der Waals surface area contributed by atoms with E-state index in [1.807, 2.05) is 17.8 Å². The molecule has 1 aliphatic rings. The van der Waals surface area contributed by atoms with Crippen molar-refractivity contribution in [3.8, 4) is 0 Å². The number of pyridine rings is 1. The van der Waals surface area contributed by atoms with Crippen LogP contribution in [-0.2, 0) is 0 Å². The maximum absolute atomic E-state index is 12.7. The van der Waals surface area contributed by atoms with Gasteiger partial charge in [-0.15, -0.1) is 0 Å². The van der Waals surface area contributed by atoms with E-state index in [2.05, 4.69) is 4.98 Å². The molecule has 0 saturated carbocycles. The Morgan fingerprint density at radius 1 is 1.58 bits per heavy atom. The molecule has 1 saturated heterocycles. The van der Waals surface area contributed by atoms with Crippen LogP contribution in [0.15, 0.2) is 18.3 Å². The highest BCUT2D eigenvalue weighted by Crippen LogP contribution is 2.39. The zero-order valence-corrected chi connectivity index (χ0v) is 7.48. The lowest BCUT2D eigenvalue weighted by Gasteiger charge is -2.07. The van der Waals surface area contributed by atoms with Crippen molar-refractivity contribution in [2.75, 3.05) is 5.75 Å². The van der Waals surface area contributed by atoms with Gasteiger partial charge < -0.3 is 0 Å².